The number of nitrogens with zero attached hydrogens (tertiary/aromatic N) is 1. The molecule has 0 saturated heterocycles. The second kappa shape index (κ2) is 7.14. The molecule has 0 aliphatic rings. The average Bonchev–Trinajstić information content (AvgIpc) is 3.11. The second-order valence-electron chi connectivity index (χ2n) is 5.00. The molecule has 2 aromatic carbocycles. The first-order valence-electron chi connectivity index (χ1n) is 7.20. The van der Waals surface area contributed by atoms with E-state index in [1.807, 2.05) is 48.5 Å². The van der Waals surface area contributed by atoms with E-state index in [0.29, 0.717) is 11.6 Å². The number of carboxylic acid groups (broad SMARTS) is 1. The van der Waals surface area contributed by atoms with Crippen LogP contribution in [0.3, 0.4) is 0 Å². The predicted molar refractivity (Wildman–Crippen MR) is 91.8 cm³/mol. The fourth-order valence-corrected chi connectivity index (χ4v) is 2.89. The normalized spacial score (nSPS) is 10.4. The van der Waals surface area contributed by atoms with Gasteiger partial charge in [-0.05, 0) is 29.8 Å². The molecule has 0 bridgehead atoms. The van der Waals surface area contributed by atoms with Gasteiger partial charge in [0.1, 0.15) is 23.1 Å². The van der Waals surface area contributed by atoms with Crippen LogP contribution < -0.4 is 9.47 Å². The van der Waals surface area contributed by atoms with E-state index < -0.39 is 5.97 Å². The molecule has 0 fully saturated rings. The molecule has 1 N–H and O–H groups in total. The van der Waals surface area contributed by atoms with E-state index >= 15 is 0 Å². The molecule has 1 heterocycles. The Bertz CT molecular complexity index is 825. The van der Waals surface area contributed by atoms with Gasteiger partial charge in [0.25, 0.3) is 0 Å². The quantitative estimate of drug-likeness (QED) is 0.731. The van der Waals surface area contributed by atoms with E-state index in [0.717, 1.165) is 22.6 Å². The van der Waals surface area contributed by atoms with Gasteiger partial charge in [-0.1, -0.05) is 24.3 Å². The lowest BCUT2D eigenvalue weighted by Gasteiger charge is -2.07. The molecule has 0 saturated carbocycles. The highest BCUT2D eigenvalue weighted by Gasteiger charge is 2.10. The van der Waals surface area contributed by atoms with Crippen LogP contribution in [0.25, 0.3) is 10.6 Å². The van der Waals surface area contributed by atoms with Crippen LogP contribution in [0.15, 0.2) is 53.9 Å². The number of thiazole rings is 1. The Kier molecular flexibility index (Phi) is 4.77. The summed E-state index contributed by atoms with van der Waals surface area (Å²) in [6.07, 6.45) is 0. The third-order valence-corrected chi connectivity index (χ3v) is 4.28. The van der Waals surface area contributed by atoms with Crippen molar-refractivity contribution >= 4 is 17.3 Å². The molecule has 0 unspecified atom stereocenters. The summed E-state index contributed by atoms with van der Waals surface area (Å²) in [5.41, 5.74) is 1.98. The van der Waals surface area contributed by atoms with Crippen molar-refractivity contribution in [1.82, 2.24) is 4.98 Å². The molecule has 0 aliphatic carbocycles. The standard InChI is InChI=1S/C18H15NO4S/c1-22-14-6-8-15(9-7-14)23-10-12-2-4-13(5-3-12)17-19-16(11-24-17)18(20)21/h2-9,11H,10H2,1H3,(H,20,21). The molecular formula is C18H15NO4S. The number of rotatable bonds is 6. The number of hydrogen-bond donors (Lipinski definition) is 1. The number of benzene rings is 2. The van der Waals surface area contributed by atoms with Crippen LogP contribution in [0.2, 0.25) is 0 Å². The van der Waals surface area contributed by atoms with E-state index in [1.165, 1.54) is 11.3 Å². The zero-order chi connectivity index (χ0) is 16.9. The maximum Gasteiger partial charge on any atom is 0.355 e. The van der Waals surface area contributed by atoms with Crippen molar-refractivity contribution in [3.63, 3.8) is 0 Å². The fourth-order valence-electron chi connectivity index (χ4n) is 2.09. The zero-order valence-corrected chi connectivity index (χ0v) is 13.7. The van der Waals surface area contributed by atoms with Crippen molar-refractivity contribution in [2.24, 2.45) is 0 Å². The minimum atomic E-state index is -1.01. The average molecular weight is 341 g/mol. The summed E-state index contributed by atoms with van der Waals surface area (Å²) in [6, 6.07) is 15.1. The van der Waals surface area contributed by atoms with E-state index in [9.17, 15) is 4.79 Å². The summed E-state index contributed by atoms with van der Waals surface area (Å²) in [7, 11) is 1.62. The molecular weight excluding hydrogens is 326 g/mol. The third-order valence-electron chi connectivity index (χ3n) is 3.39. The molecule has 5 nitrogen and oxygen atoms in total. The summed E-state index contributed by atoms with van der Waals surface area (Å²) in [4.78, 5) is 15.0. The second-order valence-corrected chi connectivity index (χ2v) is 5.86. The van der Waals surface area contributed by atoms with Gasteiger partial charge in [-0.15, -0.1) is 11.3 Å². The minimum absolute atomic E-state index is 0.0712. The number of aromatic carboxylic acids is 1. The van der Waals surface area contributed by atoms with Gasteiger partial charge in [0, 0.05) is 10.9 Å². The lowest BCUT2D eigenvalue weighted by atomic mass is 10.1. The number of aromatic nitrogens is 1. The highest BCUT2D eigenvalue weighted by atomic mass is 32.1. The molecule has 3 aromatic rings. The lowest BCUT2D eigenvalue weighted by molar-refractivity contribution is 0.0691. The van der Waals surface area contributed by atoms with Crippen molar-refractivity contribution < 1.29 is 19.4 Å². The molecule has 6 heteroatoms. The van der Waals surface area contributed by atoms with Gasteiger partial charge in [-0.25, -0.2) is 9.78 Å². The number of ether oxygens (including phenoxy) is 2. The maximum atomic E-state index is 10.9. The summed E-state index contributed by atoms with van der Waals surface area (Å²) in [6.45, 7) is 0.449. The Morgan fingerprint density at radius 1 is 1.08 bits per heavy atom. The van der Waals surface area contributed by atoms with E-state index in [-0.39, 0.29) is 5.69 Å². The third kappa shape index (κ3) is 3.72. The highest BCUT2D eigenvalue weighted by molar-refractivity contribution is 7.13. The van der Waals surface area contributed by atoms with Crippen LogP contribution in [-0.4, -0.2) is 23.2 Å². The van der Waals surface area contributed by atoms with Crippen LogP contribution >= 0.6 is 11.3 Å². The SMILES string of the molecule is COc1ccc(OCc2ccc(-c3nc(C(=O)O)cs3)cc2)cc1. The van der Waals surface area contributed by atoms with Crippen molar-refractivity contribution in [3.05, 3.63) is 65.2 Å². The number of carbonyl (C=O) groups is 1. The minimum Gasteiger partial charge on any atom is -0.497 e. The van der Waals surface area contributed by atoms with Gasteiger partial charge in [0.05, 0.1) is 7.11 Å². The predicted octanol–water partition coefficient (Wildman–Crippen LogP) is 4.10. The van der Waals surface area contributed by atoms with Gasteiger partial charge in [0.2, 0.25) is 0 Å². The van der Waals surface area contributed by atoms with E-state index in [1.54, 1.807) is 12.5 Å². The smallest absolute Gasteiger partial charge is 0.355 e. The topological polar surface area (TPSA) is 68.7 Å². The van der Waals surface area contributed by atoms with Crippen molar-refractivity contribution in [1.29, 1.82) is 0 Å². The molecule has 0 aliphatic heterocycles. The first-order chi connectivity index (χ1) is 11.7. The Morgan fingerprint density at radius 2 is 1.75 bits per heavy atom. The number of carboxylic acids is 1. The van der Waals surface area contributed by atoms with E-state index in [4.69, 9.17) is 14.6 Å². The zero-order valence-electron chi connectivity index (χ0n) is 12.9. The van der Waals surface area contributed by atoms with Crippen molar-refractivity contribution in [2.45, 2.75) is 6.61 Å². The highest BCUT2D eigenvalue weighted by Crippen LogP contribution is 2.24. The molecule has 0 atom stereocenters. The first-order valence-corrected chi connectivity index (χ1v) is 8.08. The Hall–Kier alpha value is -2.86. The van der Waals surface area contributed by atoms with Gasteiger partial charge in [0.15, 0.2) is 5.69 Å². The molecule has 0 radical (unpaired) electrons. The van der Waals surface area contributed by atoms with Crippen LogP contribution in [0.4, 0.5) is 0 Å². The van der Waals surface area contributed by atoms with Crippen LogP contribution in [0.5, 0.6) is 11.5 Å². The summed E-state index contributed by atoms with van der Waals surface area (Å²) >= 11 is 1.32. The van der Waals surface area contributed by atoms with Crippen LogP contribution in [0, 0.1) is 0 Å². The summed E-state index contributed by atoms with van der Waals surface area (Å²) < 4.78 is 10.8. The van der Waals surface area contributed by atoms with E-state index in [2.05, 4.69) is 4.98 Å². The van der Waals surface area contributed by atoms with Crippen molar-refractivity contribution in [3.8, 4) is 22.1 Å². The number of hydrogen-bond acceptors (Lipinski definition) is 5. The van der Waals surface area contributed by atoms with Gasteiger partial charge < -0.3 is 14.6 Å². The monoisotopic (exact) mass is 341 g/mol. The van der Waals surface area contributed by atoms with Crippen LogP contribution in [0.1, 0.15) is 16.1 Å². The van der Waals surface area contributed by atoms with Crippen LogP contribution in [-0.2, 0) is 6.61 Å². The maximum absolute atomic E-state index is 10.9. The molecule has 0 spiro atoms. The lowest BCUT2D eigenvalue weighted by Crippen LogP contribution is -1.96. The molecule has 122 valence electrons. The molecule has 24 heavy (non-hydrogen) atoms. The Labute approximate surface area is 143 Å². The Morgan fingerprint density at radius 3 is 2.33 bits per heavy atom. The first kappa shape index (κ1) is 16.0. The fraction of sp³-hybridized carbons (Fsp3) is 0.111. The largest absolute Gasteiger partial charge is 0.497 e. The molecule has 3 rings (SSSR count). The van der Waals surface area contributed by atoms with Gasteiger partial charge in [-0.3, -0.25) is 0 Å². The summed E-state index contributed by atoms with van der Waals surface area (Å²) in [5, 5.41) is 11.1. The summed E-state index contributed by atoms with van der Waals surface area (Å²) in [5.74, 6) is 0.545. The van der Waals surface area contributed by atoms with Gasteiger partial charge >= 0.3 is 5.97 Å². The number of methoxy groups -OCH3 is 1. The van der Waals surface area contributed by atoms with Gasteiger partial charge in [-0.2, -0.15) is 0 Å². The van der Waals surface area contributed by atoms with Crippen molar-refractivity contribution in [2.75, 3.05) is 7.11 Å². The molecule has 0 amide bonds. The molecule has 1 aromatic heterocycles. The Balaban J connectivity index is 1.64.